The topological polar surface area (TPSA) is 244 Å². The number of nitrogens with zero attached hydrogens (tertiary/aromatic N) is 5. The molecule has 0 bridgehead atoms. The standard InChI is InChI=1S/C21H22ClNO3.C20H20ClNO3.C19H18ClNO3.C18H16ClNO3.C16H12ClNO3/c1-4-6-14(3)26-18-8-5-7-16-19(18)21(25)23(20(16)24)12-15-9-10-17(22)13(2)11-15;1-3-4-10-25-17-7-5-6-15-18(17)20(24)22(19(15)23)12-14-8-9-16(21)13(2)11-14;1-3-9-24-16-6-4-5-14-17(16)19(23)21(18(14)22)11-13-7-8-15(20)12(2)10-13;1-3-23-15-6-4-5-13-16(15)18(22)20(17(13)21)10-12-7-8-14(19)11(2)9-12;1-9-7-10(5-6-12(9)17)8-18-15(20)11-3-2-4-13(19)14(11)16(18)21/h5,7-11,14H,4,6,12H2,1-3H3;5-9,11H,3-4,10,12H2,1-2H3;4-8,10H,3,9,11H2,1-2H3;4-9H,3,10H2,1-2H3;2-7,19H,8H2,1H3. The fourth-order valence-corrected chi connectivity index (χ4v) is 14.6. The van der Waals surface area contributed by atoms with E-state index in [1.807, 2.05) is 110 Å². The summed E-state index contributed by atoms with van der Waals surface area (Å²) in [7, 11) is 0. The number of imide groups is 5. The number of rotatable bonds is 23. The van der Waals surface area contributed by atoms with Gasteiger partial charge in [0.2, 0.25) is 0 Å². The predicted molar refractivity (Wildman–Crippen MR) is 458 cm³/mol. The summed E-state index contributed by atoms with van der Waals surface area (Å²) in [5.74, 6) is -1.52. The second-order valence-corrected chi connectivity index (χ2v) is 31.1. The lowest BCUT2D eigenvalue weighted by molar-refractivity contribution is 0.0625. The summed E-state index contributed by atoms with van der Waals surface area (Å²) in [5, 5.41) is 13.1. The third-order valence-electron chi connectivity index (χ3n) is 20.2. The average molecular weight is 1710 g/mol. The van der Waals surface area contributed by atoms with Crippen LogP contribution in [0.2, 0.25) is 25.1 Å². The molecule has 10 aromatic rings. The number of aryl methyl sites for hydroxylation is 5. The van der Waals surface area contributed by atoms with E-state index in [2.05, 4.69) is 13.8 Å². The van der Waals surface area contributed by atoms with Gasteiger partial charge in [0.1, 0.15) is 28.7 Å². The van der Waals surface area contributed by atoms with Gasteiger partial charge in [-0.25, -0.2) is 0 Å². The third-order valence-corrected chi connectivity index (χ3v) is 22.3. The highest BCUT2D eigenvalue weighted by atomic mass is 35.5. The van der Waals surface area contributed by atoms with Gasteiger partial charge < -0.3 is 24.1 Å². The minimum atomic E-state index is -0.472. The molecule has 10 amide bonds. The van der Waals surface area contributed by atoms with Crippen LogP contribution in [0.25, 0.3) is 0 Å². The van der Waals surface area contributed by atoms with Crippen LogP contribution < -0.4 is 18.9 Å². The Bertz CT molecular complexity index is 5670. The summed E-state index contributed by atoms with van der Waals surface area (Å²) in [4.78, 5) is 132. The lowest BCUT2D eigenvalue weighted by atomic mass is 10.1. The van der Waals surface area contributed by atoms with Crippen molar-refractivity contribution >= 4 is 117 Å². The molecular weight excluding hydrogens is 1620 g/mol. The fraction of sp³-hybridized carbons (Fsp3) is 0.255. The Morgan fingerprint density at radius 1 is 0.311 bits per heavy atom. The Balaban J connectivity index is 0.000000146. The van der Waals surface area contributed by atoms with Gasteiger partial charge in [-0.2, -0.15) is 0 Å². The predicted octanol–water partition coefficient (Wildman–Crippen LogP) is 20.9. The third kappa shape index (κ3) is 19.7. The first-order chi connectivity index (χ1) is 57.0. The molecule has 0 saturated heterocycles. The largest absolute Gasteiger partial charge is 0.507 e. The van der Waals surface area contributed by atoms with Gasteiger partial charge in [-0.15, -0.1) is 0 Å². The van der Waals surface area contributed by atoms with E-state index in [9.17, 15) is 53.1 Å². The molecule has 0 spiro atoms. The summed E-state index contributed by atoms with van der Waals surface area (Å²) in [5.41, 5.74) is 12.2. The van der Waals surface area contributed by atoms with Gasteiger partial charge in [0.25, 0.3) is 59.1 Å². The first-order valence-corrected chi connectivity index (χ1v) is 40.8. The van der Waals surface area contributed by atoms with Crippen LogP contribution in [0, 0.1) is 34.6 Å². The molecule has 15 rings (SSSR count). The van der Waals surface area contributed by atoms with Crippen LogP contribution in [-0.2, 0) is 32.7 Å². The number of aromatic hydroxyl groups is 1. The maximum absolute atomic E-state index is 12.9. The molecule has 5 aliphatic rings. The van der Waals surface area contributed by atoms with Crippen molar-refractivity contribution in [1.82, 2.24) is 24.5 Å². The monoisotopic (exact) mass is 1700 g/mol. The van der Waals surface area contributed by atoms with E-state index in [0.717, 1.165) is 92.6 Å². The number of amides is 10. The molecule has 614 valence electrons. The van der Waals surface area contributed by atoms with Crippen molar-refractivity contribution in [1.29, 1.82) is 0 Å². The van der Waals surface area contributed by atoms with E-state index in [4.69, 9.17) is 77.0 Å². The van der Waals surface area contributed by atoms with Crippen LogP contribution in [0.1, 0.15) is 226 Å². The first-order valence-electron chi connectivity index (χ1n) is 38.9. The molecule has 20 nitrogen and oxygen atoms in total. The van der Waals surface area contributed by atoms with Crippen LogP contribution in [0.4, 0.5) is 0 Å². The number of hydrogen-bond donors (Lipinski definition) is 1. The van der Waals surface area contributed by atoms with E-state index in [-0.39, 0.29) is 103 Å². The number of hydrogen-bond acceptors (Lipinski definition) is 15. The van der Waals surface area contributed by atoms with Crippen molar-refractivity contribution in [3.8, 4) is 28.7 Å². The normalized spacial score (nSPS) is 13.7. The first kappa shape index (κ1) is 88.2. The lowest BCUT2D eigenvalue weighted by Crippen LogP contribution is -2.29. The van der Waals surface area contributed by atoms with E-state index >= 15 is 0 Å². The minimum Gasteiger partial charge on any atom is -0.507 e. The van der Waals surface area contributed by atoms with Gasteiger partial charge in [0.05, 0.1) is 114 Å². The molecule has 5 heterocycles. The summed E-state index contributed by atoms with van der Waals surface area (Å²) in [6.07, 6.45) is 4.61. The van der Waals surface area contributed by atoms with E-state index in [1.165, 1.54) is 25.7 Å². The molecular formula is C94H88Cl5N5O15. The van der Waals surface area contributed by atoms with Crippen molar-refractivity contribution < 1.29 is 72.0 Å². The molecule has 0 radical (unpaired) electrons. The summed E-state index contributed by atoms with van der Waals surface area (Å²) in [6, 6.07) is 52.4. The Labute approximate surface area is 716 Å². The Morgan fingerprint density at radius 3 is 0.857 bits per heavy atom. The molecule has 5 aliphatic heterocycles. The summed E-state index contributed by atoms with van der Waals surface area (Å²) in [6.45, 7) is 21.9. The number of phenolic OH excluding ortho intramolecular Hbond substituents is 1. The van der Waals surface area contributed by atoms with Crippen molar-refractivity contribution in [2.75, 3.05) is 19.8 Å². The maximum Gasteiger partial charge on any atom is 0.265 e. The highest BCUT2D eigenvalue weighted by molar-refractivity contribution is 6.33. The second kappa shape index (κ2) is 39.3. The van der Waals surface area contributed by atoms with E-state index < -0.39 is 11.8 Å². The molecule has 1 N–H and O–H groups in total. The summed E-state index contributed by atoms with van der Waals surface area (Å²) >= 11 is 30.1. The number of carbonyl (C=O) groups is 10. The quantitative estimate of drug-likeness (QED) is 0.0462. The van der Waals surface area contributed by atoms with Crippen LogP contribution >= 0.6 is 58.0 Å². The molecule has 25 heteroatoms. The van der Waals surface area contributed by atoms with Crippen molar-refractivity contribution in [3.63, 3.8) is 0 Å². The SMILES string of the molecule is CCCC(C)Oc1cccc2c1C(=O)N(Cc1ccc(Cl)c(C)c1)C2=O.CCCCOc1cccc2c1C(=O)N(Cc1ccc(Cl)c(C)c1)C2=O.CCCOc1cccc2c1C(=O)N(Cc1ccc(Cl)c(C)c1)C2=O.CCOc1cccc2c1C(=O)N(Cc1ccc(Cl)c(C)c1)C2=O.Cc1cc(CN2C(=O)c3cccc(O)c3C2=O)ccc1Cl. The van der Waals surface area contributed by atoms with Gasteiger partial charge in [-0.3, -0.25) is 72.4 Å². The minimum absolute atomic E-state index is 0.0117. The highest BCUT2D eigenvalue weighted by Gasteiger charge is 2.43. The molecule has 0 saturated carbocycles. The Hall–Kier alpha value is -11.7. The van der Waals surface area contributed by atoms with Crippen LogP contribution in [0.3, 0.4) is 0 Å². The molecule has 0 aromatic heterocycles. The van der Waals surface area contributed by atoms with E-state index in [1.54, 1.807) is 121 Å². The number of unbranched alkanes of at least 4 members (excludes halogenated alkanes) is 1. The zero-order valence-electron chi connectivity index (χ0n) is 67.4. The molecule has 10 aromatic carbocycles. The Morgan fingerprint density at radius 2 is 0.580 bits per heavy atom. The van der Waals surface area contributed by atoms with Crippen LogP contribution in [-0.4, -0.2) is 115 Å². The summed E-state index contributed by atoms with van der Waals surface area (Å²) < 4.78 is 22.8. The van der Waals surface area contributed by atoms with Gasteiger partial charge in [-0.1, -0.05) is 183 Å². The zero-order chi connectivity index (χ0) is 85.8. The zero-order valence-corrected chi connectivity index (χ0v) is 71.2. The number of fused-ring (bicyclic) bond motifs is 5. The van der Waals surface area contributed by atoms with Crippen molar-refractivity contribution in [2.45, 2.75) is 140 Å². The van der Waals surface area contributed by atoms with Crippen molar-refractivity contribution in [2.24, 2.45) is 0 Å². The van der Waals surface area contributed by atoms with E-state index in [0.29, 0.717) is 112 Å². The second-order valence-electron chi connectivity index (χ2n) is 29.0. The molecule has 0 fully saturated rings. The van der Waals surface area contributed by atoms with Crippen LogP contribution in [0.15, 0.2) is 182 Å². The molecule has 1 unspecified atom stereocenters. The number of carbonyl (C=O) groups excluding carboxylic acids is 10. The van der Waals surface area contributed by atoms with Crippen molar-refractivity contribution in [3.05, 3.63) is 318 Å². The molecule has 1 atom stereocenters. The lowest BCUT2D eigenvalue weighted by Gasteiger charge is -2.16. The average Bonchev–Trinajstić information content (AvgIpc) is 1.65. The van der Waals surface area contributed by atoms with Crippen LogP contribution in [0.5, 0.6) is 28.7 Å². The molecule has 119 heavy (non-hydrogen) atoms. The number of ether oxygens (including phenoxy) is 4. The Kier molecular flexibility index (Phi) is 29.1. The number of benzene rings is 10. The maximum atomic E-state index is 12.9. The van der Waals surface area contributed by atoms with Gasteiger partial charge >= 0.3 is 0 Å². The number of phenols is 1. The smallest absolute Gasteiger partial charge is 0.265 e. The van der Waals surface area contributed by atoms with Gasteiger partial charge in [0, 0.05) is 25.1 Å². The number of halogens is 5. The van der Waals surface area contributed by atoms with Gasteiger partial charge in [0.15, 0.2) is 0 Å². The highest BCUT2D eigenvalue weighted by Crippen LogP contribution is 2.39. The van der Waals surface area contributed by atoms with Gasteiger partial charge in [-0.05, 0) is 214 Å². The fourth-order valence-electron chi connectivity index (χ4n) is 14.0. The molecule has 0 aliphatic carbocycles.